The van der Waals surface area contributed by atoms with Crippen LogP contribution in [0.5, 0.6) is 5.75 Å². The zero-order valence-electron chi connectivity index (χ0n) is 19.0. The number of para-hydroxylation sites is 1. The normalized spacial score (nSPS) is 15.1. The lowest BCUT2D eigenvalue weighted by molar-refractivity contribution is -0.126. The molecule has 0 radical (unpaired) electrons. The number of ether oxygens (including phenoxy) is 1. The van der Waals surface area contributed by atoms with Crippen LogP contribution in [0, 0.1) is 12.8 Å². The number of carbonyl (C=O) groups excluding carboxylic acids is 3. The van der Waals surface area contributed by atoms with E-state index in [0.29, 0.717) is 24.5 Å². The topological polar surface area (TPSA) is 87.7 Å². The Balaban J connectivity index is 1.27. The average Bonchev–Trinajstić information content (AvgIpc) is 3.25. The Kier molecular flexibility index (Phi) is 7.22. The number of benzene rings is 3. The minimum atomic E-state index is -0.391. The van der Waals surface area contributed by atoms with Crippen LogP contribution in [0.15, 0.2) is 78.9 Å². The fourth-order valence-corrected chi connectivity index (χ4v) is 3.83. The summed E-state index contributed by atoms with van der Waals surface area (Å²) < 4.78 is 5.58. The van der Waals surface area contributed by atoms with Crippen LogP contribution in [-0.4, -0.2) is 30.9 Å². The van der Waals surface area contributed by atoms with Crippen LogP contribution in [0.1, 0.15) is 17.5 Å². The number of hydrogen-bond acceptors (Lipinski definition) is 4. The first-order valence-corrected chi connectivity index (χ1v) is 11.2. The third-order valence-electron chi connectivity index (χ3n) is 5.74. The predicted molar refractivity (Wildman–Crippen MR) is 130 cm³/mol. The summed E-state index contributed by atoms with van der Waals surface area (Å²) in [6.07, 6.45) is 0.179. The van der Waals surface area contributed by atoms with Crippen molar-refractivity contribution in [1.29, 1.82) is 0 Å². The van der Waals surface area contributed by atoms with Crippen molar-refractivity contribution in [3.05, 3.63) is 90.0 Å². The standard InChI is InChI=1S/C27H27N3O4/c1-19-7-5-6-10-24(19)29-25(31)18-34-23-13-11-22(12-14-23)30-17-21(15-26(30)32)27(33)28-16-20-8-3-2-4-9-20/h2-14,21H,15-18H2,1H3,(H,28,33)(H,29,31). The molecule has 1 aliphatic heterocycles. The summed E-state index contributed by atoms with van der Waals surface area (Å²) in [5, 5.41) is 5.74. The molecule has 3 aromatic rings. The van der Waals surface area contributed by atoms with Crippen LogP contribution in [0.3, 0.4) is 0 Å². The van der Waals surface area contributed by atoms with Crippen molar-refractivity contribution in [2.45, 2.75) is 19.9 Å². The smallest absolute Gasteiger partial charge is 0.262 e. The summed E-state index contributed by atoms with van der Waals surface area (Å²) in [5.41, 5.74) is 3.43. The van der Waals surface area contributed by atoms with Crippen molar-refractivity contribution in [3.63, 3.8) is 0 Å². The number of anilines is 2. The quantitative estimate of drug-likeness (QED) is 0.540. The van der Waals surface area contributed by atoms with Gasteiger partial charge in [-0.1, -0.05) is 48.5 Å². The molecule has 2 N–H and O–H groups in total. The van der Waals surface area contributed by atoms with Crippen molar-refractivity contribution in [2.24, 2.45) is 5.92 Å². The zero-order chi connectivity index (χ0) is 23.9. The van der Waals surface area contributed by atoms with E-state index in [1.54, 1.807) is 29.2 Å². The highest BCUT2D eigenvalue weighted by atomic mass is 16.5. The van der Waals surface area contributed by atoms with Gasteiger partial charge in [0.1, 0.15) is 5.75 Å². The Morgan fingerprint density at radius 1 is 0.971 bits per heavy atom. The monoisotopic (exact) mass is 457 g/mol. The van der Waals surface area contributed by atoms with Crippen LogP contribution >= 0.6 is 0 Å². The molecule has 3 aromatic carbocycles. The summed E-state index contributed by atoms with van der Waals surface area (Å²) in [6, 6.07) is 24.1. The Morgan fingerprint density at radius 3 is 2.41 bits per heavy atom. The second-order valence-electron chi connectivity index (χ2n) is 8.25. The van der Waals surface area contributed by atoms with E-state index >= 15 is 0 Å². The summed E-state index contributed by atoms with van der Waals surface area (Å²) in [5.74, 6) is -0.340. The lowest BCUT2D eigenvalue weighted by Crippen LogP contribution is -2.32. The van der Waals surface area contributed by atoms with Crippen molar-refractivity contribution < 1.29 is 19.1 Å². The number of aryl methyl sites for hydroxylation is 1. The van der Waals surface area contributed by atoms with Crippen molar-refractivity contribution in [3.8, 4) is 5.75 Å². The van der Waals surface area contributed by atoms with E-state index < -0.39 is 5.92 Å². The molecule has 7 heteroatoms. The summed E-state index contributed by atoms with van der Waals surface area (Å²) in [6.45, 7) is 2.57. The second-order valence-corrected chi connectivity index (χ2v) is 8.25. The highest BCUT2D eigenvalue weighted by Gasteiger charge is 2.35. The largest absolute Gasteiger partial charge is 0.484 e. The molecule has 1 aliphatic rings. The van der Waals surface area contributed by atoms with E-state index in [1.165, 1.54) is 0 Å². The molecule has 1 atom stereocenters. The van der Waals surface area contributed by atoms with Crippen LogP contribution in [-0.2, 0) is 20.9 Å². The minimum absolute atomic E-state index is 0.0915. The maximum Gasteiger partial charge on any atom is 0.262 e. The fraction of sp³-hybridized carbons (Fsp3) is 0.222. The van der Waals surface area contributed by atoms with Crippen LogP contribution < -0.4 is 20.3 Å². The first-order chi connectivity index (χ1) is 16.5. The molecule has 34 heavy (non-hydrogen) atoms. The van der Waals surface area contributed by atoms with Crippen LogP contribution in [0.2, 0.25) is 0 Å². The molecule has 0 aliphatic carbocycles. The van der Waals surface area contributed by atoms with Gasteiger partial charge in [-0.15, -0.1) is 0 Å². The Morgan fingerprint density at radius 2 is 1.68 bits per heavy atom. The van der Waals surface area contributed by atoms with Gasteiger partial charge in [-0.2, -0.15) is 0 Å². The fourth-order valence-electron chi connectivity index (χ4n) is 3.83. The highest BCUT2D eigenvalue weighted by Crippen LogP contribution is 2.27. The second kappa shape index (κ2) is 10.7. The van der Waals surface area contributed by atoms with Gasteiger partial charge in [-0.25, -0.2) is 0 Å². The molecule has 0 saturated carbocycles. The molecule has 0 spiro atoms. The van der Waals surface area contributed by atoms with E-state index in [1.807, 2.05) is 61.5 Å². The van der Waals surface area contributed by atoms with Gasteiger partial charge in [0.2, 0.25) is 11.8 Å². The first-order valence-electron chi connectivity index (χ1n) is 11.2. The van der Waals surface area contributed by atoms with Gasteiger partial charge >= 0.3 is 0 Å². The van der Waals surface area contributed by atoms with E-state index in [0.717, 1.165) is 16.8 Å². The summed E-state index contributed by atoms with van der Waals surface area (Å²) in [7, 11) is 0. The molecule has 7 nitrogen and oxygen atoms in total. The SMILES string of the molecule is Cc1ccccc1NC(=O)COc1ccc(N2CC(C(=O)NCc3ccccc3)CC2=O)cc1. The maximum atomic E-state index is 12.5. The van der Waals surface area contributed by atoms with E-state index in [-0.39, 0.29) is 30.7 Å². The summed E-state index contributed by atoms with van der Waals surface area (Å²) in [4.78, 5) is 38.9. The number of hydrogen-bond donors (Lipinski definition) is 2. The van der Waals surface area contributed by atoms with Crippen LogP contribution in [0.4, 0.5) is 11.4 Å². The molecule has 4 rings (SSSR count). The Labute approximate surface area is 198 Å². The molecule has 174 valence electrons. The van der Waals surface area contributed by atoms with E-state index in [9.17, 15) is 14.4 Å². The molecular weight excluding hydrogens is 430 g/mol. The number of rotatable bonds is 8. The van der Waals surface area contributed by atoms with E-state index in [2.05, 4.69) is 10.6 Å². The maximum absolute atomic E-state index is 12.5. The molecule has 1 saturated heterocycles. The van der Waals surface area contributed by atoms with E-state index in [4.69, 9.17) is 4.74 Å². The van der Waals surface area contributed by atoms with Gasteiger partial charge in [-0.05, 0) is 48.4 Å². The molecule has 1 unspecified atom stereocenters. The third kappa shape index (κ3) is 5.81. The van der Waals surface area contributed by atoms with Gasteiger partial charge in [0.25, 0.3) is 5.91 Å². The molecule has 1 heterocycles. The molecular formula is C27H27N3O4. The van der Waals surface area contributed by atoms with Crippen molar-refractivity contribution in [1.82, 2.24) is 5.32 Å². The third-order valence-corrected chi connectivity index (χ3v) is 5.74. The lowest BCUT2D eigenvalue weighted by Gasteiger charge is -2.17. The average molecular weight is 458 g/mol. The van der Waals surface area contributed by atoms with Crippen LogP contribution in [0.25, 0.3) is 0 Å². The number of amides is 3. The Hall–Kier alpha value is -4.13. The Bertz CT molecular complexity index is 1160. The minimum Gasteiger partial charge on any atom is -0.484 e. The van der Waals surface area contributed by atoms with Crippen molar-refractivity contribution in [2.75, 3.05) is 23.4 Å². The number of nitrogens with one attached hydrogen (secondary N) is 2. The molecule has 1 fully saturated rings. The first kappa shape index (κ1) is 23.0. The summed E-state index contributed by atoms with van der Waals surface area (Å²) >= 11 is 0. The van der Waals surface area contributed by atoms with Gasteiger partial charge in [-0.3, -0.25) is 14.4 Å². The molecule has 0 bridgehead atoms. The lowest BCUT2D eigenvalue weighted by atomic mass is 10.1. The van der Waals surface area contributed by atoms with Crippen molar-refractivity contribution >= 4 is 29.1 Å². The molecule has 0 aromatic heterocycles. The van der Waals surface area contributed by atoms with Gasteiger partial charge in [0.05, 0.1) is 5.92 Å². The molecule has 3 amide bonds. The number of carbonyl (C=O) groups is 3. The van der Waals surface area contributed by atoms with Gasteiger partial charge in [0.15, 0.2) is 6.61 Å². The number of nitrogens with zero attached hydrogens (tertiary/aromatic N) is 1. The van der Waals surface area contributed by atoms with Gasteiger partial charge in [0, 0.05) is 30.9 Å². The van der Waals surface area contributed by atoms with Gasteiger partial charge < -0.3 is 20.3 Å². The highest BCUT2D eigenvalue weighted by molar-refractivity contribution is 6.00. The zero-order valence-corrected chi connectivity index (χ0v) is 19.0. The predicted octanol–water partition coefficient (Wildman–Crippen LogP) is 3.68.